The van der Waals surface area contributed by atoms with E-state index < -0.39 is 12.1 Å². The van der Waals surface area contributed by atoms with Gasteiger partial charge in [-0.2, -0.15) is 0 Å². The summed E-state index contributed by atoms with van der Waals surface area (Å²) in [6.07, 6.45) is 0.153. The molecule has 1 aromatic carbocycles. The number of nitrogens with one attached hydrogen (secondary N) is 2. The van der Waals surface area contributed by atoms with Gasteiger partial charge in [0.1, 0.15) is 0 Å². The Morgan fingerprint density at radius 2 is 1.86 bits per heavy atom. The van der Waals surface area contributed by atoms with Crippen LogP contribution < -0.4 is 16.4 Å². The fourth-order valence-corrected chi connectivity index (χ4v) is 2.97. The maximum absolute atomic E-state index is 12.2. The van der Waals surface area contributed by atoms with Crippen LogP contribution in [-0.4, -0.2) is 11.9 Å². The number of hydrogen-bond donors (Lipinski definition) is 3. The molecule has 0 radical (unpaired) electrons. The fourth-order valence-electron chi connectivity index (χ4n) is 2.19. The van der Waals surface area contributed by atoms with Crippen LogP contribution >= 0.6 is 11.3 Å². The standard InChI is InChI=1S/C16H19N3O2S/c1-11(12-6-3-2-4-7-12)18-15(20)10-13(19-16(17)21)14-8-5-9-22-14/h2-9,11,13H,10H2,1H3,(H,18,20)(H3,17,19,21)/t11-,13+/m1/s1. The Hall–Kier alpha value is -2.34. The van der Waals surface area contributed by atoms with E-state index >= 15 is 0 Å². The van der Waals surface area contributed by atoms with E-state index in [-0.39, 0.29) is 18.4 Å². The molecule has 0 fully saturated rings. The van der Waals surface area contributed by atoms with Gasteiger partial charge < -0.3 is 16.4 Å². The average Bonchev–Trinajstić information content (AvgIpc) is 3.01. The van der Waals surface area contributed by atoms with Crippen molar-refractivity contribution >= 4 is 23.3 Å². The van der Waals surface area contributed by atoms with Crippen molar-refractivity contribution in [2.24, 2.45) is 5.73 Å². The third-order valence-corrected chi connectivity index (χ3v) is 4.26. The van der Waals surface area contributed by atoms with Crippen LogP contribution in [0.5, 0.6) is 0 Å². The largest absolute Gasteiger partial charge is 0.352 e. The van der Waals surface area contributed by atoms with Crippen molar-refractivity contribution in [1.29, 1.82) is 0 Å². The third kappa shape index (κ3) is 4.60. The van der Waals surface area contributed by atoms with Crippen LogP contribution in [0.25, 0.3) is 0 Å². The summed E-state index contributed by atoms with van der Waals surface area (Å²) >= 11 is 1.48. The first kappa shape index (κ1) is 16.0. The molecule has 2 atom stereocenters. The number of urea groups is 1. The highest BCUT2D eigenvalue weighted by atomic mass is 32.1. The van der Waals surface area contributed by atoms with Crippen molar-refractivity contribution in [2.75, 3.05) is 0 Å². The summed E-state index contributed by atoms with van der Waals surface area (Å²) in [6.45, 7) is 1.93. The van der Waals surface area contributed by atoms with Crippen LogP contribution in [0.4, 0.5) is 4.79 Å². The Balaban J connectivity index is 1.98. The number of hydrogen-bond acceptors (Lipinski definition) is 3. The Labute approximate surface area is 133 Å². The molecule has 6 heteroatoms. The molecule has 4 N–H and O–H groups in total. The summed E-state index contributed by atoms with van der Waals surface area (Å²) in [7, 11) is 0. The summed E-state index contributed by atoms with van der Waals surface area (Å²) in [5.41, 5.74) is 6.22. The number of amides is 3. The van der Waals surface area contributed by atoms with E-state index in [1.807, 2.05) is 54.8 Å². The minimum Gasteiger partial charge on any atom is -0.352 e. The predicted octanol–water partition coefficient (Wildman–Crippen LogP) is 2.73. The molecule has 2 aromatic rings. The van der Waals surface area contributed by atoms with Gasteiger partial charge in [0, 0.05) is 4.88 Å². The molecular formula is C16H19N3O2S. The molecule has 22 heavy (non-hydrogen) atoms. The molecule has 2 rings (SSSR count). The second kappa shape index (κ2) is 7.61. The van der Waals surface area contributed by atoms with Crippen LogP contribution in [0.3, 0.4) is 0 Å². The van der Waals surface area contributed by atoms with E-state index in [2.05, 4.69) is 10.6 Å². The minimum atomic E-state index is -0.637. The second-order valence-electron chi connectivity index (χ2n) is 4.98. The van der Waals surface area contributed by atoms with Gasteiger partial charge in [-0.1, -0.05) is 36.4 Å². The van der Waals surface area contributed by atoms with Gasteiger partial charge in [-0.15, -0.1) is 11.3 Å². The van der Waals surface area contributed by atoms with Gasteiger partial charge >= 0.3 is 6.03 Å². The molecule has 0 spiro atoms. The first-order valence-electron chi connectivity index (χ1n) is 7.00. The first-order chi connectivity index (χ1) is 10.6. The zero-order chi connectivity index (χ0) is 15.9. The second-order valence-corrected chi connectivity index (χ2v) is 5.96. The van der Waals surface area contributed by atoms with Crippen molar-refractivity contribution in [1.82, 2.24) is 10.6 Å². The van der Waals surface area contributed by atoms with Crippen molar-refractivity contribution < 1.29 is 9.59 Å². The van der Waals surface area contributed by atoms with Crippen molar-refractivity contribution in [3.05, 3.63) is 58.3 Å². The molecule has 1 aromatic heterocycles. The molecule has 0 unspecified atom stereocenters. The summed E-state index contributed by atoms with van der Waals surface area (Å²) < 4.78 is 0. The van der Waals surface area contributed by atoms with E-state index in [4.69, 9.17) is 5.73 Å². The molecule has 0 aliphatic heterocycles. The van der Waals surface area contributed by atoms with Gasteiger partial charge in [0.25, 0.3) is 0 Å². The van der Waals surface area contributed by atoms with E-state index in [1.165, 1.54) is 11.3 Å². The van der Waals surface area contributed by atoms with Crippen LogP contribution in [0.1, 0.15) is 35.9 Å². The minimum absolute atomic E-state index is 0.0914. The molecular weight excluding hydrogens is 298 g/mol. The van der Waals surface area contributed by atoms with Gasteiger partial charge in [0.15, 0.2) is 0 Å². The maximum atomic E-state index is 12.2. The number of primary amides is 1. The van der Waals surface area contributed by atoms with Crippen molar-refractivity contribution in [3.8, 4) is 0 Å². The molecule has 0 bridgehead atoms. The van der Waals surface area contributed by atoms with Gasteiger partial charge in [0.05, 0.1) is 18.5 Å². The van der Waals surface area contributed by atoms with Gasteiger partial charge in [-0.25, -0.2) is 4.79 Å². The molecule has 0 aliphatic rings. The smallest absolute Gasteiger partial charge is 0.312 e. The average molecular weight is 317 g/mol. The zero-order valence-electron chi connectivity index (χ0n) is 12.3. The molecule has 5 nitrogen and oxygen atoms in total. The summed E-state index contributed by atoms with van der Waals surface area (Å²) in [6, 6.07) is 12.3. The van der Waals surface area contributed by atoms with Crippen LogP contribution in [0.2, 0.25) is 0 Å². The SMILES string of the molecule is C[C@@H](NC(=O)C[C@H](NC(N)=O)c1cccs1)c1ccccc1. The lowest BCUT2D eigenvalue weighted by Gasteiger charge is -2.19. The lowest BCUT2D eigenvalue weighted by molar-refractivity contribution is -0.122. The Morgan fingerprint density at radius 1 is 1.14 bits per heavy atom. The molecule has 3 amide bonds. The number of carbonyl (C=O) groups excluding carboxylic acids is 2. The van der Waals surface area contributed by atoms with E-state index in [1.54, 1.807) is 0 Å². The highest BCUT2D eigenvalue weighted by Gasteiger charge is 2.19. The maximum Gasteiger partial charge on any atom is 0.312 e. The number of benzene rings is 1. The monoisotopic (exact) mass is 317 g/mol. The van der Waals surface area contributed by atoms with E-state index in [0.717, 1.165) is 10.4 Å². The van der Waals surface area contributed by atoms with Gasteiger partial charge in [-0.3, -0.25) is 4.79 Å². The Bertz CT molecular complexity index is 614. The van der Waals surface area contributed by atoms with E-state index in [0.29, 0.717) is 0 Å². The lowest BCUT2D eigenvalue weighted by atomic mass is 10.1. The summed E-state index contributed by atoms with van der Waals surface area (Å²) in [5, 5.41) is 7.45. The normalized spacial score (nSPS) is 13.1. The number of thiophene rings is 1. The molecule has 116 valence electrons. The van der Waals surface area contributed by atoms with Crippen molar-refractivity contribution in [2.45, 2.75) is 25.4 Å². The zero-order valence-corrected chi connectivity index (χ0v) is 13.1. The lowest BCUT2D eigenvalue weighted by Crippen LogP contribution is -2.36. The molecule has 1 heterocycles. The van der Waals surface area contributed by atoms with E-state index in [9.17, 15) is 9.59 Å². The molecule has 0 saturated carbocycles. The first-order valence-corrected chi connectivity index (χ1v) is 7.88. The topological polar surface area (TPSA) is 84.2 Å². The number of nitrogens with two attached hydrogens (primary N) is 1. The predicted molar refractivity (Wildman–Crippen MR) is 87.4 cm³/mol. The van der Waals surface area contributed by atoms with Gasteiger partial charge in [0.2, 0.25) is 5.91 Å². The third-order valence-electron chi connectivity index (χ3n) is 3.27. The quantitative estimate of drug-likeness (QED) is 0.765. The van der Waals surface area contributed by atoms with Gasteiger partial charge in [-0.05, 0) is 23.9 Å². The highest BCUT2D eigenvalue weighted by Crippen LogP contribution is 2.22. The highest BCUT2D eigenvalue weighted by molar-refractivity contribution is 7.10. The Morgan fingerprint density at radius 3 is 2.45 bits per heavy atom. The summed E-state index contributed by atoms with van der Waals surface area (Å²) in [4.78, 5) is 24.2. The van der Waals surface area contributed by atoms with Crippen molar-refractivity contribution in [3.63, 3.8) is 0 Å². The summed E-state index contributed by atoms with van der Waals surface area (Å²) in [5.74, 6) is -0.136. The Kier molecular flexibility index (Phi) is 5.55. The fraction of sp³-hybridized carbons (Fsp3) is 0.250. The molecule has 0 aliphatic carbocycles. The molecule has 0 saturated heterocycles. The number of carbonyl (C=O) groups is 2. The van der Waals surface area contributed by atoms with Crippen LogP contribution in [0.15, 0.2) is 47.8 Å². The van der Waals surface area contributed by atoms with Crippen LogP contribution in [0, 0.1) is 0 Å². The van der Waals surface area contributed by atoms with Crippen LogP contribution in [-0.2, 0) is 4.79 Å². The number of rotatable bonds is 6.